The third-order valence-corrected chi connectivity index (χ3v) is 3.46. The van der Waals surface area contributed by atoms with E-state index in [4.69, 9.17) is 5.11 Å². The number of para-hydroxylation sites is 1. The highest BCUT2D eigenvalue weighted by Gasteiger charge is 2.18. The van der Waals surface area contributed by atoms with Crippen molar-refractivity contribution < 1.29 is 18.3 Å². The summed E-state index contributed by atoms with van der Waals surface area (Å²) in [5, 5.41) is 8.78. The van der Waals surface area contributed by atoms with Crippen molar-refractivity contribution in [2.24, 2.45) is 0 Å². The number of carbonyl (C=O) groups is 1. The Morgan fingerprint density at radius 1 is 1.35 bits per heavy atom. The maximum Gasteiger partial charge on any atom is 0.323 e. The van der Waals surface area contributed by atoms with Gasteiger partial charge in [0.1, 0.15) is 6.54 Å². The molecule has 0 saturated heterocycles. The SMILES string of the molecule is CCN(CC(=O)O)c1ccccc1S(C)(=O)=O. The number of nitrogens with zero attached hydrogens (tertiary/aromatic N) is 1. The summed E-state index contributed by atoms with van der Waals surface area (Å²) < 4.78 is 23.2. The third kappa shape index (κ3) is 3.45. The Balaban J connectivity index is 3.24. The average Bonchev–Trinajstić information content (AvgIpc) is 2.24. The number of benzene rings is 1. The van der Waals surface area contributed by atoms with Gasteiger partial charge >= 0.3 is 5.97 Å². The minimum Gasteiger partial charge on any atom is -0.480 e. The van der Waals surface area contributed by atoms with Gasteiger partial charge in [0.2, 0.25) is 0 Å². The lowest BCUT2D eigenvalue weighted by Gasteiger charge is -2.23. The monoisotopic (exact) mass is 257 g/mol. The fourth-order valence-corrected chi connectivity index (χ4v) is 2.47. The molecule has 0 bridgehead atoms. The molecule has 6 heteroatoms. The van der Waals surface area contributed by atoms with Crippen LogP contribution < -0.4 is 4.90 Å². The van der Waals surface area contributed by atoms with Crippen LogP contribution in [-0.2, 0) is 14.6 Å². The molecule has 5 nitrogen and oxygen atoms in total. The highest BCUT2D eigenvalue weighted by molar-refractivity contribution is 7.90. The fraction of sp³-hybridized carbons (Fsp3) is 0.364. The predicted molar refractivity (Wildman–Crippen MR) is 65.1 cm³/mol. The van der Waals surface area contributed by atoms with Crippen LogP contribution in [0.25, 0.3) is 0 Å². The van der Waals surface area contributed by atoms with Gasteiger partial charge in [-0.25, -0.2) is 8.42 Å². The van der Waals surface area contributed by atoms with Crippen LogP contribution in [0.3, 0.4) is 0 Å². The van der Waals surface area contributed by atoms with Crippen molar-refractivity contribution in [1.29, 1.82) is 0 Å². The molecule has 0 aliphatic carbocycles. The number of carboxylic acids is 1. The zero-order valence-electron chi connectivity index (χ0n) is 9.75. The van der Waals surface area contributed by atoms with E-state index in [0.717, 1.165) is 6.26 Å². The number of aliphatic carboxylic acids is 1. The number of carboxylic acid groups (broad SMARTS) is 1. The summed E-state index contributed by atoms with van der Waals surface area (Å²) in [7, 11) is -3.36. The average molecular weight is 257 g/mol. The molecule has 0 unspecified atom stereocenters. The predicted octanol–water partition coefficient (Wildman–Crippen LogP) is 1.00. The van der Waals surface area contributed by atoms with Gasteiger partial charge in [-0.2, -0.15) is 0 Å². The minimum absolute atomic E-state index is 0.156. The van der Waals surface area contributed by atoms with Gasteiger partial charge in [0, 0.05) is 12.8 Å². The lowest BCUT2D eigenvalue weighted by Crippen LogP contribution is -2.30. The molecule has 0 fully saturated rings. The van der Waals surface area contributed by atoms with E-state index in [-0.39, 0.29) is 11.4 Å². The summed E-state index contributed by atoms with van der Waals surface area (Å²) in [6.45, 7) is 1.99. The first-order valence-corrected chi connectivity index (χ1v) is 7.01. The standard InChI is InChI=1S/C11H15NO4S/c1-3-12(8-11(13)14)9-6-4-5-7-10(9)17(2,15)16/h4-7H,3,8H2,1-2H3,(H,13,14). The van der Waals surface area contributed by atoms with E-state index in [1.165, 1.54) is 11.0 Å². The second-order valence-corrected chi connectivity index (χ2v) is 5.63. The lowest BCUT2D eigenvalue weighted by molar-refractivity contribution is -0.135. The van der Waals surface area contributed by atoms with E-state index in [9.17, 15) is 13.2 Å². The van der Waals surface area contributed by atoms with Crippen LogP contribution in [0.1, 0.15) is 6.92 Å². The van der Waals surface area contributed by atoms with Crippen LogP contribution in [0.5, 0.6) is 0 Å². The molecule has 0 atom stereocenters. The minimum atomic E-state index is -3.36. The fourth-order valence-electron chi connectivity index (χ4n) is 1.56. The molecule has 1 rings (SSSR count). The third-order valence-electron chi connectivity index (χ3n) is 2.31. The summed E-state index contributed by atoms with van der Waals surface area (Å²) in [4.78, 5) is 12.4. The summed E-state index contributed by atoms with van der Waals surface area (Å²) >= 11 is 0. The van der Waals surface area contributed by atoms with Crippen LogP contribution >= 0.6 is 0 Å². The molecule has 0 saturated carbocycles. The summed E-state index contributed by atoms with van der Waals surface area (Å²) in [5.41, 5.74) is 0.430. The molecule has 0 aliphatic rings. The van der Waals surface area contributed by atoms with Gasteiger partial charge in [-0.15, -0.1) is 0 Å². The van der Waals surface area contributed by atoms with Crippen LogP contribution in [0.2, 0.25) is 0 Å². The Morgan fingerprint density at radius 3 is 2.41 bits per heavy atom. The highest BCUT2D eigenvalue weighted by Crippen LogP contribution is 2.24. The molecule has 1 aromatic carbocycles. The van der Waals surface area contributed by atoms with Crippen LogP contribution in [-0.4, -0.2) is 38.8 Å². The van der Waals surface area contributed by atoms with E-state index in [0.29, 0.717) is 12.2 Å². The van der Waals surface area contributed by atoms with Gasteiger partial charge in [-0.1, -0.05) is 12.1 Å². The molecule has 1 aromatic rings. The quantitative estimate of drug-likeness (QED) is 0.851. The molecule has 0 spiro atoms. The molecular weight excluding hydrogens is 242 g/mol. The largest absolute Gasteiger partial charge is 0.480 e. The van der Waals surface area contributed by atoms with Crippen molar-refractivity contribution in [2.75, 3.05) is 24.2 Å². The number of hydrogen-bond donors (Lipinski definition) is 1. The van der Waals surface area contributed by atoms with Crippen molar-refractivity contribution in [3.05, 3.63) is 24.3 Å². The molecule has 0 aliphatic heterocycles. The number of anilines is 1. The first-order valence-electron chi connectivity index (χ1n) is 5.12. The van der Waals surface area contributed by atoms with Gasteiger partial charge in [0.05, 0.1) is 10.6 Å². The smallest absolute Gasteiger partial charge is 0.323 e. The Hall–Kier alpha value is -1.56. The molecule has 17 heavy (non-hydrogen) atoms. The number of rotatable bonds is 5. The molecule has 0 amide bonds. The van der Waals surface area contributed by atoms with Gasteiger partial charge in [0.15, 0.2) is 9.84 Å². The summed E-state index contributed by atoms with van der Waals surface area (Å²) in [6.07, 6.45) is 1.11. The summed E-state index contributed by atoms with van der Waals surface area (Å²) in [6, 6.07) is 6.40. The topological polar surface area (TPSA) is 74.7 Å². The Kier molecular flexibility index (Phi) is 4.11. The normalized spacial score (nSPS) is 11.2. The molecule has 0 radical (unpaired) electrons. The van der Waals surface area contributed by atoms with E-state index in [2.05, 4.69) is 0 Å². The second-order valence-electron chi connectivity index (χ2n) is 3.65. The van der Waals surface area contributed by atoms with Crippen LogP contribution in [0.15, 0.2) is 29.2 Å². The van der Waals surface area contributed by atoms with Gasteiger partial charge < -0.3 is 10.0 Å². The number of sulfone groups is 1. The molecule has 94 valence electrons. The molecule has 0 heterocycles. The Bertz CT molecular complexity index is 510. The van der Waals surface area contributed by atoms with Crippen molar-refractivity contribution in [3.63, 3.8) is 0 Å². The van der Waals surface area contributed by atoms with Crippen molar-refractivity contribution in [2.45, 2.75) is 11.8 Å². The number of likely N-dealkylation sites (N-methyl/N-ethyl adjacent to an activating group) is 1. The molecule has 1 N–H and O–H groups in total. The zero-order chi connectivity index (χ0) is 13.1. The highest BCUT2D eigenvalue weighted by atomic mass is 32.2. The van der Waals surface area contributed by atoms with E-state index >= 15 is 0 Å². The van der Waals surface area contributed by atoms with Gasteiger partial charge in [-0.3, -0.25) is 4.79 Å². The van der Waals surface area contributed by atoms with Crippen molar-refractivity contribution in [3.8, 4) is 0 Å². The van der Waals surface area contributed by atoms with Crippen LogP contribution in [0, 0.1) is 0 Å². The molecule has 0 aromatic heterocycles. The Morgan fingerprint density at radius 2 is 1.94 bits per heavy atom. The zero-order valence-corrected chi connectivity index (χ0v) is 10.6. The van der Waals surface area contributed by atoms with Crippen molar-refractivity contribution >= 4 is 21.5 Å². The van der Waals surface area contributed by atoms with Gasteiger partial charge in [-0.05, 0) is 19.1 Å². The maximum atomic E-state index is 11.6. The van der Waals surface area contributed by atoms with Gasteiger partial charge in [0.25, 0.3) is 0 Å². The van der Waals surface area contributed by atoms with E-state index < -0.39 is 15.8 Å². The lowest BCUT2D eigenvalue weighted by atomic mass is 10.3. The molecular formula is C11H15NO4S. The number of hydrogen-bond acceptors (Lipinski definition) is 4. The van der Waals surface area contributed by atoms with Crippen LogP contribution in [0.4, 0.5) is 5.69 Å². The first-order chi connectivity index (χ1) is 7.86. The Labute approximate surface area is 101 Å². The first kappa shape index (κ1) is 13.5. The van der Waals surface area contributed by atoms with E-state index in [1.54, 1.807) is 25.1 Å². The maximum absolute atomic E-state index is 11.6. The van der Waals surface area contributed by atoms with Crippen molar-refractivity contribution in [1.82, 2.24) is 0 Å². The van der Waals surface area contributed by atoms with E-state index in [1.807, 2.05) is 0 Å². The summed E-state index contributed by atoms with van der Waals surface area (Å²) in [5.74, 6) is -0.991. The second kappa shape index (κ2) is 5.18.